The lowest BCUT2D eigenvalue weighted by Crippen LogP contribution is -2.40. The van der Waals surface area contributed by atoms with Crippen LogP contribution in [0.2, 0.25) is 0 Å². The van der Waals surface area contributed by atoms with Gasteiger partial charge in [0.1, 0.15) is 11.5 Å². The fraction of sp³-hybridized carbons (Fsp3) is 0.480. The number of hydrogen-bond acceptors (Lipinski definition) is 5. The van der Waals surface area contributed by atoms with Gasteiger partial charge in [0.25, 0.3) is 5.91 Å². The van der Waals surface area contributed by atoms with Gasteiger partial charge >= 0.3 is 0 Å². The third kappa shape index (κ3) is 4.16. The molecule has 0 unspecified atom stereocenters. The molecule has 0 N–H and O–H groups in total. The number of aromatic nitrogens is 5. The second kappa shape index (κ2) is 8.45. The van der Waals surface area contributed by atoms with E-state index in [-0.39, 0.29) is 17.4 Å². The number of likely N-dealkylation sites (tertiary alicyclic amines) is 1. The van der Waals surface area contributed by atoms with Crippen LogP contribution in [0.15, 0.2) is 30.7 Å². The first kappa shape index (κ1) is 22.1. The first-order chi connectivity index (χ1) is 15.2. The van der Waals surface area contributed by atoms with Gasteiger partial charge in [0.2, 0.25) is 0 Å². The molecule has 7 nitrogen and oxygen atoms in total. The first-order valence-corrected chi connectivity index (χ1v) is 11.3. The number of rotatable bonds is 3. The van der Waals surface area contributed by atoms with Gasteiger partial charge in [0.15, 0.2) is 0 Å². The fourth-order valence-corrected chi connectivity index (χ4v) is 4.36. The van der Waals surface area contributed by atoms with Crippen molar-refractivity contribution in [2.24, 2.45) is 7.05 Å². The summed E-state index contributed by atoms with van der Waals surface area (Å²) in [6.07, 6.45) is 8.46. The monoisotopic (exact) mass is 432 g/mol. The highest BCUT2D eigenvalue weighted by atomic mass is 16.2. The maximum atomic E-state index is 13.8. The number of pyridine rings is 1. The Balaban J connectivity index is 1.77. The van der Waals surface area contributed by atoms with Crippen LogP contribution in [0.25, 0.3) is 11.1 Å². The van der Waals surface area contributed by atoms with E-state index in [9.17, 15) is 4.79 Å². The normalized spacial score (nSPS) is 16.9. The molecule has 32 heavy (non-hydrogen) atoms. The van der Waals surface area contributed by atoms with Crippen molar-refractivity contribution in [1.82, 2.24) is 29.6 Å². The third-order valence-electron chi connectivity index (χ3n) is 6.20. The van der Waals surface area contributed by atoms with Gasteiger partial charge in [-0.25, -0.2) is 9.97 Å². The Labute approximate surface area is 189 Å². The summed E-state index contributed by atoms with van der Waals surface area (Å²) in [5, 5.41) is 4.62. The quantitative estimate of drug-likeness (QED) is 0.607. The molecule has 0 spiro atoms. The standard InChI is InChI=1S/C25H32N6O/c1-16-14-26-11-10-18(16)19-15-27-17(2)28-23(19)20-9-7-8-12-31(20)24(32)21-13-22(25(3,4)5)29-30(21)6/h10-11,13-15,20H,7-9,12H2,1-6H3/t20-/m0/s1. The number of carbonyl (C=O) groups excluding carboxylic acids is 1. The highest BCUT2D eigenvalue weighted by Crippen LogP contribution is 2.37. The summed E-state index contributed by atoms with van der Waals surface area (Å²) in [6, 6.07) is 3.83. The molecule has 168 valence electrons. The van der Waals surface area contributed by atoms with E-state index in [1.165, 1.54) is 0 Å². The van der Waals surface area contributed by atoms with Crippen molar-refractivity contribution in [1.29, 1.82) is 0 Å². The molecule has 1 saturated heterocycles. The molecular weight excluding hydrogens is 400 g/mol. The molecule has 1 fully saturated rings. The highest BCUT2D eigenvalue weighted by Gasteiger charge is 2.34. The van der Waals surface area contributed by atoms with Gasteiger partial charge in [-0.1, -0.05) is 20.8 Å². The molecule has 1 aliphatic rings. The van der Waals surface area contributed by atoms with Crippen molar-refractivity contribution < 1.29 is 4.79 Å². The smallest absolute Gasteiger partial charge is 0.272 e. The fourth-order valence-electron chi connectivity index (χ4n) is 4.36. The predicted molar refractivity (Wildman–Crippen MR) is 124 cm³/mol. The Kier molecular flexibility index (Phi) is 5.84. The molecule has 4 heterocycles. The molecule has 0 radical (unpaired) electrons. The number of aryl methyl sites for hydroxylation is 3. The van der Waals surface area contributed by atoms with Crippen LogP contribution >= 0.6 is 0 Å². The SMILES string of the molecule is Cc1ncc(-c2ccncc2C)c([C@@H]2CCCCN2C(=O)c2cc(C(C)(C)C)nn2C)n1. The van der Waals surface area contributed by atoms with Crippen molar-refractivity contribution in [2.75, 3.05) is 6.54 Å². The third-order valence-corrected chi connectivity index (χ3v) is 6.20. The molecule has 3 aromatic heterocycles. The zero-order valence-corrected chi connectivity index (χ0v) is 19.9. The second-order valence-electron chi connectivity index (χ2n) is 9.71. The molecule has 4 rings (SSSR count). The van der Waals surface area contributed by atoms with Gasteiger partial charge in [0, 0.05) is 43.2 Å². The molecule has 3 aromatic rings. The van der Waals surface area contributed by atoms with E-state index in [4.69, 9.17) is 4.98 Å². The zero-order chi connectivity index (χ0) is 23.0. The van der Waals surface area contributed by atoms with Crippen LogP contribution in [0.1, 0.15) is 79.3 Å². The lowest BCUT2D eigenvalue weighted by molar-refractivity contribution is 0.0595. The maximum Gasteiger partial charge on any atom is 0.272 e. The van der Waals surface area contributed by atoms with Crippen LogP contribution in [0.3, 0.4) is 0 Å². The average Bonchev–Trinajstić information content (AvgIpc) is 3.16. The van der Waals surface area contributed by atoms with Crippen molar-refractivity contribution >= 4 is 5.91 Å². The van der Waals surface area contributed by atoms with Crippen molar-refractivity contribution in [2.45, 2.75) is 65.3 Å². The lowest BCUT2D eigenvalue weighted by atomic mass is 9.91. The van der Waals surface area contributed by atoms with Crippen LogP contribution in [-0.2, 0) is 12.5 Å². The van der Waals surface area contributed by atoms with Gasteiger partial charge in [0.05, 0.1) is 17.4 Å². The Hall–Kier alpha value is -3.09. The largest absolute Gasteiger partial charge is 0.329 e. The van der Waals surface area contributed by atoms with Crippen molar-refractivity contribution in [3.05, 3.63) is 59.2 Å². The number of amides is 1. The van der Waals surface area contributed by atoms with E-state index in [0.29, 0.717) is 18.1 Å². The van der Waals surface area contributed by atoms with Crippen molar-refractivity contribution in [3.63, 3.8) is 0 Å². The Morgan fingerprint density at radius 3 is 2.59 bits per heavy atom. The van der Waals surface area contributed by atoms with E-state index in [0.717, 1.165) is 47.3 Å². The van der Waals surface area contributed by atoms with Gasteiger partial charge in [-0.15, -0.1) is 0 Å². The van der Waals surface area contributed by atoms with Crippen LogP contribution in [0, 0.1) is 13.8 Å². The molecule has 0 aliphatic carbocycles. The summed E-state index contributed by atoms with van der Waals surface area (Å²) in [5.74, 6) is 0.720. The van der Waals surface area contributed by atoms with Gasteiger partial charge in [-0.3, -0.25) is 14.5 Å². The number of nitrogens with zero attached hydrogens (tertiary/aromatic N) is 6. The Bertz CT molecular complexity index is 1140. The van der Waals surface area contributed by atoms with Gasteiger partial charge in [-0.05, 0) is 56.4 Å². The molecule has 1 aliphatic heterocycles. The second-order valence-corrected chi connectivity index (χ2v) is 9.71. The molecule has 0 saturated carbocycles. The lowest BCUT2D eigenvalue weighted by Gasteiger charge is -2.36. The number of carbonyl (C=O) groups is 1. The van der Waals surface area contributed by atoms with E-state index in [1.54, 1.807) is 10.9 Å². The molecule has 1 atom stereocenters. The first-order valence-electron chi connectivity index (χ1n) is 11.3. The predicted octanol–water partition coefficient (Wildman–Crippen LogP) is 4.55. The minimum Gasteiger partial charge on any atom is -0.329 e. The summed E-state index contributed by atoms with van der Waals surface area (Å²) < 4.78 is 1.72. The van der Waals surface area contributed by atoms with Crippen LogP contribution in [0.4, 0.5) is 0 Å². The van der Waals surface area contributed by atoms with E-state index < -0.39 is 0 Å². The zero-order valence-electron chi connectivity index (χ0n) is 19.9. The molecule has 0 bridgehead atoms. The summed E-state index contributed by atoms with van der Waals surface area (Å²) in [7, 11) is 1.85. The summed E-state index contributed by atoms with van der Waals surface area (Å²) >= 11 is 0. The number of hydrogen-bond donors (Lipinski definition) is 0. The van der Waals surface area contributed by atoms with E-state index in [2.05, 4.69) is 35.8 Å². The summed E-state index contributed by atoms with van der Waals surface area (Å²) in [5.41, 5.74) is 5.43. The van der Waals surface area contributed by atoms with Gasteiger partial charge < -0.3 is 4.90 Å². The molecule has 7 heteroatoms. The Morgan fingerprint density at radius 1 is 1.12 bits per heavy atom. The maximum absolute atomic E-state index is 13.8. The van der Waals surface area contributed by atoms with Crippen LogP contribution < -0.4 is 0 Å². The van der Waals surface area contributed by atoms with Crippen LogP contribution in [0.5, 0.6) is 0 Å². The van der Waals surface area contributed by atoms with E-state index in [1.807, 2.05) is 50.3 Å². The minimum atomic E-state index is -0.118. The Morgan fingerprint density at radius 2 is 1.91 bits per heavy atom. The molecule has 1 amide bonds. The number of piperidine rings is 1. The van der Waals surface area contributed by atoms with Gasteiger partial charge in [-0.2, -0.15) is 5.10 Å². The van der Waals surface area contributed by atoms with E-state index >= 15 is 0 Å². The summed E-state index contributed by atoms with van der Waals surface area (Å²) in [6.45, 7) is 11.0. The highest BCUT2D eigenvalue weighted by molar-refractivity contribution is 5.93. The van der Waals surface area contributed by atoms with Crippen LogP contribution in [-0.4, -0.2) is 42.1 Å². The minimum absolute atomic E-state index is 0.00821. The molecular formula is C25H32N6O. The molecule has 0 aromatic carbocycles. The topological polar surface area (TPSA) is 76.8 Å². The van der Waals surface area contributed by atoms with Crippen molar-refractivity contribution in [3.8, 4) is 11.1 Å². The average molecular weight is 433 g/mol. The summed E-state index contributed by atoms with van der Waals surface area (Å²) in [4.78, 5) is 29.3.